The second-order valence-corrected chi connectivity index (χ2v) is 4.36. The van der Waals surface area contributed by atoms with Crippen LogP contribution in [0.3, 0.4) is 0 Å². The van der Waals surface area contributed by atoms with Crippen LogP contribution in [0.1, 0.15) is 16.8 Å². The van der Waals surface area contributed by atoms with Gasteiger partial charge in [0, 0.05) is 17.4 Å². The summed E-state index contributed by atoms with van der Waals surface area (Å²) in [6.07, 6.45) is 3.25. The SMILES string of the molecule is Cc1cccc(C(N)=S)c1NCc1ccncn1. The molecule has 5 heteroatoms. The Hall–Kier alpha value is -2.01. The van der Waals surface area contributed by atoms with Crippen LogP contribution in [-0.2, 0) is 6.54 Å². The average Bonchev–Trinajstić information content (AvgIpc) is 2.38. The van der Waals surface area contributed by atoms with Gasteiger partial charge in [-0.25, -0.2) is 9.97 Å². The highest BCUT2D eigenvalue weighted by molar-refractivity contribution is 7.80. The number of aryl methyl sites for hydroxylation is 1. The molecule has 1 aromatic carbocycles. The van der Waals surface area contributed by atoms with E-state index < -0.39 is 0 Å². The summed E-state index contributed by atoms with van der Waals surface area (Å²) in [5.41, 5.74) is 9.56. The molecule has 0 unspecified atom stereocenters. The van der Waals surface area contributed by atoms with Crippen molar-refractivity contribution in [2.45, 2.75) is 13.5 Å². The summed E-state index contributed by atoms with van der Waals surface area (Å²) in [5.74, 6) is 0. The fraction of sp³-hybridized carbons (Fsp3) is 0.154. The monoisotopic (exact) mass is 258 g/mol. The second-order valence-electron chi connectivity index (χ2n) is 3.92. The Kier molecular flexibility index (Phi) is 3.84. The normalized spacial score (nSPS) is 10.1. The number of rotatable bonds is 4. The summed E-state index contributed by atoms with van der Waals surface area (Å²) in [5, 5.41) is 3.32. The molecule has 0 amide bonds. The van der Waals surface area contributed by atoms with Gasteiger partial charge < -0.3 is 11.1 Å². The van der Waals surface area contributed by atoms with Crippen molar-refractivity contribution in [3.8, 4) is 0 Å². The van der Waals surface area contributed by atoms with Gasteiger partial charge in [0.25, 0.3) is 0 Å². The minimum absolute atomic E-state index is 0.392. The number of nitrogens with one attached hydrogen (secondary N) is 1. The molecule has 0 aliphatic rings. The number of aromatic nitrogens is 2. The summed E-state index contributed by atoms with van der Waals surface area (Å²) in [4.78, 5) is 8.44. The first-order valence-corrected chi connectivity index (χ1v) is 5.97. The van der Waals surface area contributed by atoms with Crippen LogP contribution >= 0.6 is 12.2 Å². The molecule has 2 aromatic rings. The number of hydrogen-bond acceptors (Lipinski definition) is 4. The minimum Gasteiger partial charge on any atom is -0.389 e. The molecule has 4 nitrogen and oxygen atoms in total. The Balaban J connectivity index is 2.21. The van der Waals surface area contributed by atoms with E-state index in [9.17, 15) is 0 Å². The van der Waals surface area contributed by atoms with Crippen molar-refractivity contribution in [3.05, 3.63) is 53.6 Å². The zero-order chi connectivity index (χ0) is 13.0. The molecule has 92 valence electrons. The summed E-state index contributed by atoms with van der Waals surface area (Å²) in [7, 11) is 0. The van der Waals surface area contributed by atoms with Crippen molar-refractivity contribution in [2.75, 3.05) is 5.32 Å². The highest BCUT2D eigenvalue weighted by atomic mass is 32.1. The van der Waals surface area contributed by atoms with Crippen LogP contribution in [0.4, 0.5) is 5.69 Å². The molecule has 0 radical (unpaired) electrons. The lowest BCUT2D eigenvalue weighted by atomic mass is 10.1. The molecule has 0 aliphatic carbocycles. The van der Waals surface area contributed by atoms with Crippen LogP contribution in [0.15, 0.2) is 36.8 Å². The van der Waals surface area contributed by atoms with Crippen molar-refractivity contribution in [3.63, 3.8) is 0 Å². The lowest BCUT2D eigenvalue weighted by molar-refractivity contribution is 1.00. The maximum atomic E-state index is 5.72. The second kappa shape index (κ2) is 5.55. The van der Waals surface area contributed by atoms with Crippen molar-refractivity contribution < 1.29 is 0 Å². The van der Waals surface area contributed by atoms with Gasteiger partial charge in [-0.15, -0.1) is 0 Å². The molecule has 0 aliphatic heterocycles. The molecule has 2 rings (SSSR count). The van der Waals surface area contributed by atoms with Crippen molar-refractivity contribution in [1.29, 1.82) is 0 Å². The van der Waals surface area contributed by atoms with E-state index in [2.05, 4.69) is 15.3 Å². The van der Waals surface area contributed by atoms with Crippen LogP contribution in [0, 0.1) is 6.92 Å². The molecule has 1 heterocycles. The van der Waals surface area contributed by atoms with Gasteiger partial charge in [0.05, 0.1) is 12.2 Å². The van der Waals surface area contributed by atoms with Gasteiger partial charge in [-0.3, -0.25) is 0 Å². The maximum Gasteiger partial charge on any atom is 0.115 e. The standard InChI is InChI=1S/C13H14N4S/c1-9-3-2-4-11(13(14)18)12(9)16-7-10-5-6-15-8-17-10/h2-6,8,16H,7H2,1H3,(H2,14,18). The van der Waals surface area contributed by atoms with E-state index in [1.165, 1.54) is 6.33 Å². The van der Waals surface area contributed by atoms with Gasteiger partial charge >= 0.3 is 0 Å². The van der Waals surface area contributed by atoms with E-state index in [1.807, 2.05) is 31.2 Å². The molecule has 18 heavy (non-hydrogen) atoms. The number of hydrogen-bond donors (Lipinski definition) is 2. The van der Waals surface area contributed by atoms with Crippen molar-refractivity contribution in [1.82, 2.24) is 9.97 Å². The molecule has 0 saturated heterocycles. The van der Waals surface area contributed by atoms with Crippen molar-refractivity contribution >= 4 is 22.9 Å². The van der Waals surface area contributed by atoms with E-state index in [-0.39, 0.29) is 0 Å². The van der Waals surface area contributed by atoms with Gasteiger partial charge in [0.15, 0.2) is 0 Å². The molecule has 0 bridgehead atoms. The Morgan fingerprint density at radius 3 is 2.89 bits per heavy atom. The predicted molar refractivity (Wildman–Crippen MR) is 76.4 cm³/mol. The van der Waals surface area contributed by atoms with E-state index in [4.69, 9.17) is 18.0 Å². The first-order chi connectivity index (χ1) is 8.68. The molecule has 3 N–H and O–H groups in total. The van der Waals surface area contributed by atoms with E-state index in [0.717, 1.165) is 22.5 Å². The largest absolute Gasteiger partial charge is 0.389 e. The van der Waals surface area contributed by atoms with Gasteiger partial charge in [-0.2, -0.15) is 0 Å². The van der Waals surface area contributed by atoms with Crippen molar-refractivity contribution in [2.24, 2.45) is 5.73 Å². The molecule has 0 fully saturated rings. The topological polar surface area (TPSA) is 63.8 Å². The van der Waals surface area contributed by atoms with Crippen LogP contribution in [0.25, 0.3) is 0 Å². The third-order valence-corrected chi connectivity index (χ3v) is 2.85. The van der Waals surface area contributed by atoms with Gasteiger partial charge in [-0.05, 0) is 24.6 Å². The molecule has 0 spiro atoms. The maximum absolute atomic E-state index is 5.72. The first kappa shape index (κ1) is 12.4. The van der Waals surface area contributed by atoms with E-state index in [1.54, 1.807) is 6.20 Å². The number of anilines is 1. The summed E-state index contributed by atoms with van der Waals surface area (Å²) in [6, 6.07) is 7.74. The summed E-state index contributed by atoms with van der Waals surface area (Å²) < 4.78 is 0. The third kappa shape index (κ3) is 2.81. The smallest absolute Gasteiger partial charge is 0.115 e. The Morgan fingerprint density at radius 2 is 2.22 bits per heavy atom. The number of nitrogens with two attached hydrogens (primary N) is 1. The molecule has 1 aromatic heterocycles. The van der Waals surface area contributed by atoms with Gasteiger partial charge in [0.1, 0.15) is 11.3 Å². The highest BCUT2D eigenvalue weighted by Gasteiger charge is 2.07. The quantitative estimate of drug-likeness (QED) is 0.822. The number of nitrogens with zero attached hydrogens (tertiary/aromatic N) is 2. The van der Waals surface area contributed by atoms with Gasteiger partial charge in [0.2, 0.25) is 0 Å². The fourth-order valence-electron chi connectivity index (χ4n) is 1.71. The van der Waals surface area contributed by atoms with Crippen LogP contribution < -0.4 is 11.1 Å². The number of thiocarbonyl (C=S) groups is 1. The van der Waals surface area contributed by atoms with E-state index in [0.29, 0.717) is 11.5 Å². The van der Waals surface area contributed by atoms with Crippen LogP contribution in [0.2, 0.25) is 0 Å². The number of benzene rings is 1. The summed E-state index contributed by atoms with van der Waals surface area (Å²) >= 11 is 5.05. The van der Waals surface area contributed by atoms with Gasteiger partial charge in [-0.1, -0.05) is 24.4 Å². The van der Waals surface area contributed by atoms with Crippen LogP contribution in [-0.4, -0.2) is 15.0 Å². The molecule has 0 saturated carbocycles. The first-order valence-electron chi connectivity index (χ1n) is 5.56. The highest BCUT2D eigenvalue weighted by Crippen LogP contribution is 2.21. The average molecular weight is 258 g/mol. The molecule has 0 atom stereocenters. The predicted octanol–water partition coefficient (Wildman–Crippen LogP) is 2.03. The Bertz CT molecular complexity index is 554. The molecular weight excluding hydrogens is 244 g/mol. The Morgan fingerprint density at radius 1 is 1.39 bits per heavy atom. The lowest BCUT2D eigenvalue weighted by Crippen LogP contribution is -2.14. The third-order valence-electron chi connectivity index (χ3n) is 2.63. The zero-order valence-electron chi connectivity index (χ0n) is 10.1. The lowest BCUT2D eigenvalue weighted by Gasteiger charge is -2.13. The fourth-order valence-corrected chi connectivity index (χ4v) is 1.88. The number of para-hydroxylation sites is 1. The minimum atomic E-state index is 0.392. The molecular formula is C13H14N4S. The Labute approximate surface area is 111 Å². The van der Waals surface area contributed by atoms with E-state index >= 15 is 0 Å². The zero-order valence-corrected chi connectivity index (χ0v) is 10.9. The van der Waals surface area contributed by atoms with Crippen LogP contribution in [0.5, 0.6) is 0 Å². The summed E-state index contributed by atoms with van der Waals surface area (Å²) in [6.45, 7) is 2.63.